The van der Waals surface area contributed by atoms with E-state index in [1.165, 1.54) is 32.8 Å². The minimum atomic E-state index is -0.210. The van der Waals surface area contributed by atoms with Crippen molar-refractivity contribution in [2.45, 2.75) is 39.0 Å². The molecule has 7 aromatic carbocycles. The molecule has 3 heteroatoms. The van der Waals surface area contributed by atoms with Crippen LogP contribution >= 0.6 is 0 Å². The summed E-state index contributed by atoms with van der Waals surface area (Å²) >= 11 is 0. The summed E-state index contributed by atoms with van der Waals surface area (Å²) in [5.74, 6) is -0.420. The molecule has 0 N–H and O–H groups in total. The molecule has 0 bridgehead atoms. The highest BCUT2D eigenvalue weighted by Gasteiger charge is 2.33. The molecule has 0 unspecified atom stereocenters. The van der Waals surface area contributed by atoms with Gasteiger partial charge >= 0.3 is 0 Å². The fourth-order valence-electron chi connectivity index (χ4n) is 7.76. The van der Waals surface area contributed by atoms with Gasteiger partial charge in [0.05, 0.1) is 11.3 Å². The Bertz CT molecular complexity index is 2390. The lowest BCUT2D eigenvalue weighted by atomic mass is 9.82. The summed E-state index contributed by atoms with van der Waals surface area (Å²) in [6, 6.07) is 40.2. The molecule has 0 saturated carbocycles. The van der Waals surface area contributed by atoms with Crippen LogP contribution in [0.2, 0.25) is 0 Å². The molecule has 2 aliphatic rings. The molecular weight excluding hydrogens is 574 g/mol. The van der Waals surface area contributed by atoms with Crippen molar-refractivity contribution in [3.63, 3.8) is 0 Å². The van der Waals surface area contributed by atoms with Gasteiger partial charge in [0.2, 0.25) is 0 Å². The van der Waals surface area contributed by atoms with E-state index in [0.717, 1.165) is 51.6 Å². The maximum absolute atomic E-state index is 13.7. The largest absolute Gasteiger partial charge is 0.309 e. The van der Waals surface area contributed by atoms with Gasteiger partial charge < -0.3 is 4.90 Å². The van der Waals surface area contributed by atoms with Crippen LogP contribution in [0.3, 0.4) is 0 Å². The summed E-state index contributed by atoms with van der Waals surface area (Å²) in [5.41, 5.74) is 9.27. The van der Waals surface area contributed by atoms with Gasteiger partial charge in [0, 0.05) is 33.3 Å². The standard InChI is InChI=1S/C44H33NO2/c1-44(2,3)31-22-28-18-20-32-30(24-36-42(46)33-12-6-7-13-34(33)43(36)47)25-39(35-21-19-29(23-31)40(28)41(32)35)45-37-14-8-4-10-26(37)16-17-27-11-5-9-15-38(27)45/h4-15,18-25H,16-17H2,1-3H3. The molecule has 0 aromatic heterocycles. The van der Waals surface area contributed by atoms with E-state index in [-0.39, 0.29) is 22.6 Å². The van der Waals surface area contributed by atoms with E-state index in [9.17, 15) is 9.59 Å². The summed E-state index contributed by atoms with van der Waals surface area (Å²) in [6.45, 7) is 6.76. The Hall–Kier alpha value is -5.54. The maximum atomic E-state index is 13.7. The zero-order chi connectivity index (χ0) is 32.0. The third kappa shape index (κ3) is 4.12. The van der Waals surface area contributed by atoms with E-state index in [4.69, 9.17) is 0 Å². The van der Waals surface area contributed by atoms with Gasteiger partial charge in [-0.05, 0) is 86.3 Å². The summed E-state index contributed by atoms with van der Waals surface area (Å²) in [5, 5.41) is 6.92. The van der Waals surface area contributed by atoms with Crippen molar-refractivity contribution in [1.82, 2.24) is 0 Å². The lowest BCUT2D eigenvalue weighted by Crippen LogP contribution is -2.13. The Morgan fingerprint density at radius 1 is 0.574 bits per heavy atom. The van der Waals surface area contributed by atoms with E-state index >= 15 is 0 Å². The van der Waals surface area contributed by atoms with E-state index < -0.39 is 0 Å². The van der Waals surface area contributed by atoms with Gasteiger partial charge in [-0.1, -0.05) is 118 Å². The monoisotopic (exact) mass is 607 g/mol. The smallest absolute Gasteiger partial charge is 0.197 e. The molecule has 0 fully saturated rings. The number of carbonyl (C=O) groups excluding carboxylic acids is 2. The molecule has 0 atom stereocenters. The summed E-state index contributed by atoms with van der Waals surface area (Å²) in [7, 11) is 0. The number of carbonyl (C=O) groups is 2. The highest BCUT2D eigenvalue weighted by atomic mass is 16.2. The number of para-hydroxylation sites is 2. The topological polar surface area (TPSA) is 37.4 Å². The molecule has 9 rings (SSSR count). The van der Waals surface area contributed by atoms with Crippen molar-refractivity contribution in [3.05, 3.63) is 154 Å². The Kier molecular flexibility index (Phi) is 5.89. The van der Waals surface area contributed by atoms with Gasteiger partial charge in [-0.15, -0.1) is 0 Å². The lowest BCUT2D eigenvalue weighted by molar-refractivity contribution is 0.0990. The fourth-order valence-corrected chi connectivity index (χ4v) is 7.76. The Labute approximate surface area is 274 Å². The zero-order valence-corrected chi connectivity index (χ0v) is 26.7. The van der Waals surface area contributed by atoms with Crippen LogP contribution < -0.4 is 4.90 Å². The number of benzene rings is 7. The molecule has 1 aliphatic heterocycles. The first-order valence-corrected chi connectivity index (χ1v) is 16.4. The molecule has 47 heavy (non-hydrogen) atoms. The fraction of sp³-hybridized carbons (Fsp3) is 0.136. The number of aryl methyl sites for hydroxylation is 2. The first-order chi connectivity index (χ1) is 22.8. The van der Waals surface area contributed by atoms with Gasteiger partial charge in [0.1, 0.15) is 0 Å². The molecule has 1 heterocycles. The summed E-state index contributed by atoms with van der Waals surface area (Å²) in [6.07, 6.45) is 3.74. The van der Waals surface area contributed by atoms with Crippen LogP contribution in [-0.2, 0) is 18.3 Å². The van der Waals surface area contributed by atoms with Crippen molar-refractivity contribution in [1.29, 1.82) is 0 Å². The molecular formula is C44H33NO2. The van der Waals surface area contributed by atoms with E-state index in [1.54, 1.807) is 12.1 Å². The predicted octanol–water partition coefficient (Wildman–Crippen LogP) is 10.9. The number of ketones is 2. The molecule has 0 saturated heterocycles. The van der Waals surface area contributed by atoms with Crippen molar-refractivity contribution in [2.75, 3.05) is 4.90 Å². The Balaban J connectivity index is 1.41. The Morgan fingerprint density at radius 2 is 1.11 bits per heavy atom. The average molecular weight is 608 g/mol. The second-order valence-corrected chi connectivity index (χ2v) is 14.0. The highest BCUT2D eigenvalue weighted by Crippen LogP contribution is 2.49. The second kappa shape index (κ2) is 9.98. The van der Waals surface area contributed by atoms with Crippen LogP contribution in [0, 0.1) is 0 Å². The molecule has 7 aromatic rings. The maximum Gasteiger partial charge on any atom is 0.197 e. The van der Waals surface area contributed by atoms with Crippen molar-refractivity contribution in [3.8, 4) is 0 Å². The minimum absolute atomic E-state index is 0.00284. The Morgan fingerprint density at radius 3 is 1.68 bits per heavy atom. The summed E-state index contributed by atoms with van der Waals surface area (Å²) in [4.78, 5) is 29.7. The number of nitrogens with zero attached hydrogens (tertiary/aromatic N) is 1. The van der Waals surface area contributed by atoms with Gasteiger partial charge in [-0.2, -0.15) is 0 Å². The number of allylic oxidation sites excluding steroid dienone is 1. The number of rotatable bonds is 2. The molecule has 0 radical (unpaired) electrons. The van der Waals surface area contributed by atoms with E-state index in [0.29, 0.717) is 11.1 Å². The molecule has 3 nitrogen and oxygen atoms in total. The molecule has 0 spiro atoms. The van der Waals surface area contributed by atoms with Crippen molar-refractivity contribution >= 4 is 67.0 Å². The third-order valence-electron chi connectivity index (χ3n) is 10.2. The van der Waals surface area contributed by atoms with Crippen LogP contribution in [0.15, 0.2) is 121 Å². The quantitative estimate of drug-likeness (QED) is 0.111. The van der Waals surface area contributed by atoms with Crippen LogP contribution in [0.4, 0.5) is 17.1 Å². The van der Waals surface area contributed by atoms with Crippen LogP contribution in [0.1, 0.15) is 63.7 Å². The first kappa shape index (κ1) is 27.7. The lowest BCUT2D eigenvalue weighted by Gasteiger charge is -2.30. The second-order valence-electron chi connectivity index (χ2n) is 14.0. The van der Waals surface area contributed by atoms with E-state index in [1.807, 2.05) is 18.2 Å². The number of fused-ring (bicyclic) bond motifs is 3. The number of Topliss-reactive ketones (excluding diaryl/α,β-unsaturated/α-hetero) is 2. The van der Waals surface area contributed by atoms with Gasteiger partial charge in [0.25, 0.3) is 0 Å². The SMILES string of the molecule is CC(C)(C)c1cc2ccc3c(C=C4C(=O)c5ccccc5C4=O)cc(N4c5ccccc5CCc5ccccc54)c4ccc(c1)c2c34. The average Bonchev–Trinajstić information content (AvgIpc) is 3.21. The normalized spacial score (nSPS) is 14.5. The van der Waals surface area contributed by atoms with E-state index in [2.05, 4.69) is 117 Å². The van der Waals surface area contributed by atoms with Crippen LogP contribution in [0.5, 0.6) is 0 Å². The van der Waals surface area contributed by atoms with Gasteiger partial charge in [-0.25, -0.2) is 0 Å². The minimum Gasteiger partial charge on any atom is -0.309 e. The molecule has 0 amide bonds. The first-order valence-electron chi connectivity index (χ1n) is 16.4. The zero-order valence-electron chi connectivity index (χ0n) is 26.7. The highest BCUT2D eigenvalue weighted by molar-refractivity contribution is 6.41. The molecule has 1 aliphatic carbocycles. The summed E-state index contributed by atoms with van der Waals surface area (Å²) < 4.78 is 0. The third-order valence-corrected chi connectivity index (χ3v) is 10.2. The van der Waals surface area contributed by atoms with Gasteiger partial charge in [0.15, 0.2) is 11.6 Å². The molecule has 226 valence electrons. The predicted molar refractivity (Wildman–Crippen MR) is 194 cm³/mol. The van der Waals surface area contributed by atoms with Crippen LogP contribution in [0.25, 0.3) is 38.4 Å². The van der Waals surface area contributed by atoms with Crippen LogP contribution in [-0.4, -0.2) is 11.6 Å². The van der Waals surface area contributed by atoms with Crippen molar-refractivity contribution in [2.24, 2.45) is 0 Å². The number of hydrogen-bond donors (Lipinski definition) is 0. The number of hydrogen-bond acceptors (Lipinski definition) is 3. The van der Waals surface area contributed by atoms with Crippen molar-refractivity contribution < 1.29 is 9.59 Å². The number of anilines is 3. The van der Waals surface area contributed by atoms with Gasteiger partial charge in [-0.3, -0.25) is 9.59 Å².